The highest BCUT2D eigenvalue weighted by molar-refractivity contribution is 5.91. The summed E-state index contributed by atoms with van der Waals surface area (Å²) >= 11 is 0. The van der Waals surface area contributed by atoms with E-state index in [1.165, 1.54) is 0 Å². The Morgan fingerprint density at radius 2 is 1.50 bits per heavy atom. The normalized spacial score (nSPS) is 10.7. The van der Waals surface area contributed by atoms with E-state index in [2.05, 4.69) is 9.47 Å². The van der Waals surface area contributed by atoms with Gasteiger partial charge in [0.1, 0.15) is 12.1 Å². The van der Waals surface area contributed by atoms with E-state index >= 15 is 0 Å². The van der Waals surface area contributed by atoms with Crippen molar-refractivity contribution in [2.45, 2.75) is 25.0 Å². The molecule has 22 heavy (non-hydrogen) atoms. The summed E-state index contributed by atoms with van der Waals surface area (Å²) in [6.07, 6.45) is -0.960. The number of ether oxygens (including phenoxy) is 3. The van der Waals surface area contributed by atoms with Crippen molar-refractivity contribution >= 4 is 17.9 Å². The van der Waals surface area contributed by atoms with Gasteiger partial charge in [-0.1, -0.05) is 30.3 Å². The van der Waals surface area contributed by atoms with Gasteiger partial charge in [-0.05, 0) is 5.56 Å². The molecule has 0 fully saturated rings. The van der Waals surface area contributed by atoms with E-state index in [0.29, 0.717) is 0 Å². The maximum Gasteiger partial charge on any atom is 0.327 e. The Bertz CT molecular complexity index is 510. The molecule has 0 bridgehead atoms. The second kappa shape index (κ2) is 8.14. The van der Waals surface area contributed by atoms with Crippen LogP contribution in [-0.4, -0.2) is 37.7 Å². The molecule has 1 rings (SSSR count). The minimum atomic E-state index is -1.82. The highest BCUT2D eigenvalue weighted by atomic mass is 16.5. The second-order valence-electron chi connectivity index (χ2n) is 4.72. The van der Waals surface area contributed by atoms with E-state index in [-0.39, 0.29) is 6.61 Å². The number of benzene rings is 1. The minimum absolute atomic E-state index is 0.0129. The fourth-order valence-electron chi connectivity index (χ4n) is 1.73. The van der Waals surface area contributed by atoms with Crippen LogP contribution in [0.15, 0.2) is 30.3 Å². The third-order valence-corrected chi connectivity index (χ3v) is 2.99. The third-order valence-electron chi connectivity index (χ3n) is 2.99. The second-order valence-corrected chi connectivity index (χ2v) is 4.72. The van der Waals surface area contributed by atoms with Gasteiger partial charge in [0, 0.05) is 0 Å². The van der Waals surface area contributed by atoms with Gasteiger partial charge in [0.25, 0.3) is 0 Å². The van der Waals surface area contributed by atoms with Gasteiger partial charge in [0.2, 0.25) is 0 Å². The summed E-state index contributed by atoms with van der Waals surface area (Å²) in [6.45, 7) is -0.0129. The molecule has 0 heterocycles. The molecule has 0 spiro atoms. The zero-order valence-electron chi connectivity index (χ0n) is 12.5. The lowest BCUT2D eigenvalue weighted by Crippen LogP contribution is -2.52. The van der Waals surface area contributed by atoms with Crippen molar-refractivity contribution < 1.29 is 28.6 Å². The summed E-state index contributed by atoms with van der Waals surface area (Å²) in [5.74, 6) is -2.31. The molecule has 0 saturated heterocycles. The molecule has 0 radical (unpaired) electrons. The highest BCUT2D eigenvalue weighted by Crippen LogP contribution is 2.17. The predicted molar refractivity (Wildman–Crippen MR) is 76.4 cm³/mol. The van der Waals surface area contributed by atoms with Crippen molar-refractivity contribution in [3.8, 4) is 0 Å². The number of carbonyl (C=O) groups is 3. The van der Waals surface area contributed by atoms with E-state index in [1.807, 2.05) is 6.07 Å². The van der Waals surface area contributed by atoms with Crippen LogP contribution in [0.3, 0.4) is 0 Å². The average Bonchev–Trinajstić information content (AvgIpc) is 2.53. The van der Waals surface area contributed by atoms with Gasteiger partial charge in [-0.3, -0.25) is 14.4 Å². The van der Waals surface area contributed by atoms with Crippen molar-refractivity contribution in [2.24, 2.45) is 5.73 Å². The van der Waals surface area contributed by atoms with Crippen molar-refractivity contribution in [3.05, 3.63) is 35.9 Å². The first-order valence-electron chi connectivity index (χ1n) is 6.55. The Morgan fingerprint density at radius 1 is 1.00 bits per heavy atom. The van der Waals surface area contributed by atoms with Gasteiger partial charge in [0.15, 0.2) is 0 Å². The van der Waals surface area contributed by atoms with Crippen LogP contribution in [0.4, 0.5) is 0 Å². The van der Waals surface area contributed by atoms with Crippen LogP contribution in [0.25, 0.3) is 0 Å². The zero-order chi connectivity index (χ0) is 16.6. The van der Waals surface area contributed by atoms with Crippen LogP contribution in [0.2, 0.25) is 0 Å². The molecule has 1 aromatic rings. The van der Waals surface area contributed by atoms with E-state index < -0.39 is 36.3 Å². The fraction of sp³-hybridized carbons (Fsp3) is 0.400. The summed E-state index contributed by atoms with van der Waals surface area (Å²) in [6, 6.07) is 8.95. The first kappa shape index (κ1) is 17.6. The van der Waals surface area contributed by atoms with Gasteiger partial charge >= 0.3 is 17.9 Å². The summed E-state index contributed by atoms with van der Waals surface area (Å²) in [5.41, 5.74) is 4.82. The molecule has 1 aromatic carbocycles. The molecule has 0 aromatic heterocycles. The Kier molecular flexibility index (Phi) is 6.52. The maximum atomic E-state index is 12.2. The zero-order valence-corrected chi connectivity index (χ0v) is 12.5. The monoisotopic (exact) mass is 309 g/mol. The molecule has 7 heteroatoms. The lowest BCUT2D eigenvalue weighted by atomic mass is 9.92. The Balaban J connectivity index is 2.78. The Morgan fingerprint density at radius 3 is 1.95 bits per heavy atom. The summed E-state index contributed by atoms with van der Waals surface area (Å²) in [7, 11) is 2.33. The quantitative estimate of drug-likeness (QED) is 0.579. The highest BCUT2D eigenvalue weighted by Gasteiger charge is 2.41. The Hall–Kier alpha value is -2.41. The topological polar surface area (TPSA) is 105 Å². The van der Waals surface area contributed by atoms with Gasteiger partial charge in [-0.25, -0.2) is 0 Å². The largest absolute Gasteiger partial charge is 0.469 e. The molecule has 0 aliphatic heterocycles. The molecule has 0 amide bonds. The SMILES string of the molecule is COC(=O)CC(N)(CC(=O)OC)C(=O)OCc1ccccc1. The van der Waals surface area contributed by atoms with Gasteiger partial charge in [-0.15, -0.1) is 0 Å². The molecule has 0 aliphatic rings. The van der Waals surface area contributed by atoms with Crippen molar-refractivity contribution in [1.29, 1.82) is 0 Å². The molecule has 120 valence electrons. The number of hydrogen-bond acceptors (Lipinski definition) is 7. The molecule has 7 nitrogen and oxygen atoms in total. The van der Waals surface area contributed by atoms with Gasteiger partial charge in [0.05, 0.1) is 27.1 Å². The van der Waals surface area contributed by atoms with Gasteiger partial charge < -0.3 is 19.9 Å². The van der Waals surface area contributed by atoms with Crippen LogP contribution in [0, 0.1) is 0 Å². The Labute approximate surface area is 128 Å². The molecule has 0 atom stereocenters. The molecule has 2 N–H and O–H groups in total. The lowest BCUT2D eigenvalue weighted by Gasteiger charge is -2.24. The first-order valence-corrected chi connectivity index (χ1v) is 6.55. The number of esters is 3. The van der Waals surface area contributed by atoms with Crippen LogP contribution >= 0.6 is 0 Å². The van der Waals surface area contributed by atoms with E-state index in [0.717, 1.165) is 19.8 Å². The number of carbonyl (C=O) groups excluding carboxylic acids is 3. The maximum absolute atomic E-state index is 12.2. The summed E-state index contributed by atoms with van der Waals surface area (Å²) in [4.78, 5) is 35.0. The van der Waals surface area contributed by atoms with Crippen molar-refractivity contribution in [1.82, 2.24) is 0 Å². The van der Waals surface area contributed by atoms with E-state index in [9.17, 15) is 14.4 Å². The number of hydrogen-bond donors (Lipinski definition) is 1. The third kappa shape index (κ3) is 5.17. The summed E-state index contributed by atoms with van der Waals surface area (Å²) in [5, 5.41) is 0. The van der Waals surface area contributed by atoms with Crippen molar-refractivity contribution in [2.75, 3.05) is 14.2 Å². The molecule has 0 saturated carbocycles. The smallest absolute Gasteiger partial charge is 0.327 e. The van der Waals surface area contributed by atoms with E-state index in [4.69, 9.17) is 10.5 Å². The van der Waals surface area contributed by atoms with Crippen LogP contribution in [-0.2, 0) is 35.2 Å². The van der Waals surface area contributed by atoms with Crippen molar-refractivity contribution in [3.63, 3.8) is 0 Å². The average molecular weight is 309 g/mol. The number of rotatable bonds is 7. The predicted octanol–water partition coefficient (Wildman–Crippen LogP) is 0.554. The van der Waals surface area contributed by atoms with Crippen LogP contribution < -0.4 is 5.73 Å². The van der Waals surface area contributed by atoms with E-state index in [1.54, 1.807) is 24.3 Å². The molecule has 0 unspecified atom stereocenters. The number of methoxy groups -OCH3 is 2. The molecule has 0 aliphatic carbocycles. The van der Waals surface area contributed by atoms with Crippen LogP contribution in [0.5, 0.6) is 0 Å². The standard InChI is InChI=1S/C15H19NO6/c1-20-12(17)8-15(16,9-13(18)21-2)14(19)22-10-11-6-4-3-5-7-11/h3-7H,8-10,16H2,1-2H3. The molecular formula is C15H19NO6. The fourth-order valence-corrected chi connectivity index (χ4v) is 1.73. The lowest BCUT2D eigenvalue weighted by molar-refractivity contribution is -0.160. The van der Waals surface area contributed by atoms with Crippen LogP contribution in [0.1, 0.15) is 18.4 Å². The minimum Gasteiger partial charge on any atom is -0.469 e. The van der Waals surface area contributed by atoms with Gasteiger partial charge in [-0.2, -0.15) is 0 Å². The molecular weight excluding hydrogens is 290 g/mol. The number of nitrogens with two attached hydrogens (primary N) is 1. The summed E-state index contributed by atoms with van der Waals surface area (Å²) < 4.78 is 14.1. The first-order chi connectivity index (χ1) is 10.4.